The molecule has 2 rings (SSSR count). The van der Waals surface area contributed by atoms with Crippen LogP contribution in [-0.4, -0.2) is 16.1 Å². The van der Waals surface area contributed by atoms with Gasteiger partial charge in [0.15, 0.2) is 6.29 Å². The van der Waals surface area contributed by atoms with Crippen LogP contribution in [0.25, 0.3) is 5.69 Å². The summed E-state index contributed by atoms with van der Waals surface area (Å²) in [4.78, 5) is 10.9. The Morgan fingerprint density at radius 1 is 1.41 bits per heavy atom. The second kappa shape index (κ2) is 4.63. The fourth-order valence-corrected chi connectivity index (χ4v) is 2.56. The summed E-state index contributed by atoms with van der Waals surface area (Å²) in [6.07, 6.45) is 0.725. The number of aryl methyl sites for hydroxylation is 2. The number of carbonyl (C=O) groups excluding carboxylic acids is 1. The summed E-state index contributed by atoms with van der Waals surface area (Å²) in [7, 11) is 0. The third-order valence-electron chi connectivity index (χ3n) is 2.50. The molecule has 0 saturated carbocycles. The maximum absolute atomic E-state index is 10.9. The molecule has 3 nitrogen and oxygen atoms in total. The van der Waals surface area contributed by atoms with Crippen molar-refractivity contribution in [3.63, 3.8) is 0 Å². The molecule has 1 aromatic carbocycles. The standard InChI is InChI=1S/C12H10BrClN2O/c1-7-3-4-11(10(13)5-7)16-12(14)9(6-17)8(2)15-16/h3-6H,1-2H3. The fourth-order valence-electron chi connectivity index (χ4n) is 1.59. The number of nitrogens with zero attached hydrogens (tertiary/aromatic N) is 2. The third-order valence-corrected chi connectivity index (χ3v) is 3.50. The van der Waals surface area contributed by atoms with Crippen molar-refractivity contribution >= 4 is 33.8 Å². The molecule has 0 unspecified atom stereocenters. The Hall–Kier alpha value is -1.13. The van der Waals surface area contributed by atoms with Crippen molar-refractivity contribution in [2.24, 2.45) is 0 Å². The van der Waals surface area contributed by atoms with Crippen LogP contribution in [-0.2, 0) is 0 Å². The Morgan fingerprint density at radius 3 is 2.65 bits per heavy atom. The highest BCUT2D eigenvalue weighted by molar-refractivity contribution is 9.10. The van der Waals surface area contributed by atoms with Gasteiger partial charge in [-0.2, -0.15) is 5.10 Å². The summed E-state index contributed by atoms with van der Waals surface area (Å²) in [6.45, 7) is 3.76. The minimum absolute atomic E-state index is 0.335. The van der Waals surface area contributed by atoms with Crippen LogP contribution in [0.4, 0.5) is 0 Å². The number of aromatic nitrogens is 2. The molecule has 1 aromatic heterocycles. The van der Waals surface area contributed by atoms with Gasteiger partial charge in [-0.05, 0) is 47.5 Å². The fraction of sp³-hybridized carbons (Fsp3) is 0.167. The molecule has 0 radical (unpaired) electrons. The molecule has 0 atom stereocenters. The molecule has 0 aliphatic carbocycles. The highest BCUT2D eigenvalue weighted by atomic mass is 79.9. The van der Waals surface area contributed by atoms with E-state index in [1.165, 1.54) is 0 Å². The number of halogens is 2. The van der Waals surface area contributed by atoms with E-state index >= 15 is 0 Å². The van der Waals surface area contributed by atoms with Crippen LogP contribution < -0.4 is 0 Å². The molecule has 0 aliphatic rings. The SMILES string of the molecule is Cc1ccc(-n2nc(C)c(C=O)c2Cl)c(Br)c1. The van der Waals surface area contributed by atoms with Gasteiger partial charge in [-0.3, -0.25) is 4.79 Å². The van der Waals surface area contributed by atoms with Gasteiger partial charge in [0.2, 0.25) is 0 Å². The van der Waals surface area contributed by atoms with Crippen LogP contribution in [0, 0.1) is 13.8 Å². The van der Waals surface area contributed by atoms with E-state index in [1.54, 1.807) is 11.6 Å². The van der Waals surface area contributed by atoms with Gasteiger partial charge in [0.05, 0.1) is 16.9 Å². The third kappa shape index (κ3) is 2.15. The van der Waals surface area contributed by atoms with Crippen molar-refractivity contribution in [2.75, 3.05) is 0 Å². The zero-order chi connectivity index (χ0) is 12.6. The number of hydrogen-bond donors (Lipinski definition) is 0. The molecule has 0 N–H and O–H groups in total. The van der Waals surface area contributed by atoms with Crippen LogP contribution in [0.5, 0.6) is 0 Å². The molecule has 5 heteroatoms. The quantitative estimate of drug-likeness (QED) is 0.792. The number of carbonyl (C=O) groups is 1. The smallest absolute Gasteiger partial charge is 0.155 e. The first kappa shape index (κ1) is 12.3. The Morgan fingerprint density at radius 2 is 2.12 bits per heavy atom. The largest absolute Gasteiger partial charge is 0.298 e. The van der Waals surface area contributed by atoms with Gasteiger partial charge < -0.3 is 0 Å². The predicted octanol–water partition coefficient (Wildman–Crippen LogP) is 3.72. The van der Waals surface area contributed by atoms with Crippen molar-refractivity contribution in [1.82, 2.24) is 9.78 Å². The first-order chi connectivity index (χ1) is 8.04. The zero-order valence-electron chi connectivity index (χ0n) is 9.37. The molecule has 0 aliphatic heterocycles. The van der Waals surface area contributed by atoms with Gasteiger partial charge in [-0.25, -0.2) is 4.68 Å². The molecule has 2 aromatic rings. The second-order valence-corrected chi connectivity index (χ2v) is 4.99. The molecule has 0 bridgehead atoms. The van der Waals surface area contributed by atoms with Gasteiger partial charge in [0, 0.05) is 4.47 Å². The molecule has 0 amide bonds. The van der Waals surface area contributed by atoms with Gasteiger partial charge in [-0.15, -0.1) is 0 Å². The lowest BCUT2D eigenvalue weighted by Gasteiger charge is -2.06. The molecule has 1 heterocycles. The first-order valence-electron chi connectivity index (χ1n) is 5.01. The Kier molecular flexibility index (Phi) is 3.35. The van der Waals surface area contributed by atoms with E-state index in [0.717, 1.165) is 22.0 Å². The van der Waals surface area contributed by atoms with Crippen LogP contribution in [0.3, 0.4) is 0 Å². The maximum Gasteiger partial charge on any atom is 0.155 e. The highest BCUT2D eigenvalue weighted by Crippen LogP contribution is 2.27. The minimum atomic E-state index is 0.335. The molecule has 0 fully saturated rings. The van der Waals surface area contributed by atoms with E-state index in [2.05, 4.69) is 21.0 Å². The Bertz CT molecular complexity index is 592. The minimum Gasteiger partial charge on any atom is -0.298 e. The van der Waals surface area contributed by atoms with Crippen LogP contribution >= 0.6 is 27.5 Å². The van der Waals surface area contributed by atoms with Crippen molar-refractivity contribution in [3.05, 3.63) is 44.6 Å². The molecule has 0 spiro atoms. The Balaban J connectivity index is 2.65. The summed E-state index contributed by atoms with van der Waals surface area (Å²) < 4.78 is 2.45. The van der Waals surface area contributed by atoms with E-state index in [9.17, 15) is 4.79 Å². The predicted molar refractivity (Wildman–Crippen MR) is 71.1 cm³/mol. The van der Waals surface area contributed by atoms with E-state index < -0.39 is 0 Å². The monoisotopic (exact) mass is 312 g/mol. The van der Waals surface area contributed by atoms with E-state index in [4.69, 9.17) is 11.6 Å². The molecular formula is C12H10BrClN2O. The maximum atomic E-state index is 10.9. The lowest BCUT2D eigenvalue weighted by atomic mass is 10.2. The number of benzene rings is 1. The summed E-state index contributed by atoms with van der Waals surface area (Å²) in [5.74, 6) is 0. The topological polar surface area (TPSA) is 34.9 Å². The average Bonchev–Trinajstić information content (AvgIpc) is 2.54. The molecular weight excluding hydrogens is 304 g/mol. The number of rotatable bonds is 2. The van der Waals surface area contributed by atoms with Crippen LogP contribution in [0.2, 0.25) is 5.15 Å². The second-order valence-electron chi connectivity index (χ2n) is 3.77. The molecule has 88 valence electrons. The summed E-state index contributed by atoms with van der Waals surface area (Å²) in [6, 6.07) is 5.85. The van der Waals surface area contributed by atoms with Gasteiger partial charge in [0.25, 0.3) is 0 Å². The summed E-state index contributed by atoms with van der Waals surface area (Å²) in [5, 5.41) is 4.60. The van der Waals surface area contributed by atoms with Crippen LogP contribution in [0.1, 0.15) is 21.6 Å². The zero-order valence-corrected chi connectivity index (χ0v) is 11.7. The van der Waals surface area contributed by atoms with E-state index in [0.29, 0.717) is 16.4 Å². The molecule has 17 heavy (non-hydrogen) atoms. The first-order valence-corrected chi connectivity index (χ1v) is 6.18. The summed E-state index contributed by atoms with van der Waals surface area (Å²) >= 11 is 9.59. The average molecular weight is 314 g/mol. The van der Waals surface area contributed by atoms with Crippen molar-refractivity contribution < 1.29 is 4.79 Å². The van der Waals surface area contributed by atoms with Gasteiger partial charge in [0.1, 0.15) is 5.15 Å². The van der Waals surface area contributed by atoms with Crippen molar-refractivity contribution in [2.45, 2.75) is 13.8 Å². The lowest BCUT2D eigenvalue weighted by molar-refractivity contribution is 0.112. The van der Waals surface area contributed by atoms with E-state index in [1.807, 2.05) is 25.1 Å². The van der Waals surface area contributed by atoms with Crippen molar-refractivity contribution in [1.29, 1.82) is 0 Å². The number of aldehydes is 1. The lowest BCUT2D eigenvalue weighted by Crippen LogP contribution is -1.98. The highest BCUT2D eigenvalue weighted by Gasteiger charge is 2.15. The molecule has 0 saturated heterocycles. The van der Waals surface area contributed by atoms with Crippen molar-refractivity contribution in [3.8, 4) is 5.69 Å². The normalized spacial score (nSPS) is 10.6. The summed E-state index contributed by atoms with van der Waals surface area (Å²) in [5.41, 5.74) is 3.00. The number of hydrogen-bond acceptors (Lipinski definition) is 2. The van der Waals surface area contributed by atoms with Gasteiger partial charge >= 0.3 is 0 Å². The van der Waals surface area contributed by atoms with E-state index in [-0.39, 0.29) is 0 Å². The van der Waals surface area contributed by atoms with Gasteiger partial charge in [-0.1, -0.05) is 17.7 Å². The Labute approximate surface area is 113 Å². The van der Waals surface area contributed by atoms with Crippen LogP contribution in [0.15, 0.2) is 22.7 Å².